The molecule has 0 fully saturated rings. The van der Waals surface area contributed by atoms with Crippen LogP contribution in [0.2, 0.25) is 0 Å². The van der Waals surface area contributed by atoms with Crippen molar-refractivity contribution in [2.75, 3.05) is 12.4 Å². The van der Waals surface area contributed by atoms with Gasteiger partial charge in [0, 0.05) is 22.2 Å². The van der Waals surface area contributed by atoms with E-state index in [1.165, 1.54) is 5.56 Å². The van der Waals surface area contributed by atoms with Crippen LogP contribution in [0, 0.1) is 6.92 Å². The number of nitrogens with zero attached hydrogens (tertiary/aromatic N) is 2. The lowest BCUT2D eigenvalue weighted by Crippen LogP contribution is -2.01. The quantitative estimate of drug-likeness (QED) is 0.260. The molecule has 4 aromatic rings. The summed E-state index contributed by atoms with van der Waals surface area (Å²) >= 11 is 3.26. The molecule has 0 bridgehead atoms. The lowest BCUT2D eigenvalue weighted by atomic mass is 10.2. The van der Waals surface area contributed by atoms with E-state index < -0.39 is 0 Å². The second-order valence-electron chi connectivity index (χ2n) is 6.85. The number of pyridine rings is 1. The molecule has 166 valence electrons. The number of ether oxygens (including phenoxy) is 2. The number of hydrogen-bond acceptors (Lipinski definition) is 7. The monoisotopic (exact) mass is 485 g/mol. The van der Waals surface area contributed by atoms with E-state index in [-0.39, 0.29) is 12.4 Å². The Balaban J connectivity index is 0.00000289. The summed E-state index contributed by atoms with van der Waals surface area (Å²) in [7, 11) is 1.68. The predicted molar refractivity (Wildman–Crippen MR) is 135 cm³/mol. The van der Waals surface area contributed by atoms with Gasteiger partial charge < -0.3 is 14.8 Å². The van der Waals surface area contributed by atoms with Crippen molar-refractivity contribution in [2.45, 2.75) is 24.2 Å². The van der Waals surface area contributed by atoms with E-state index in [9.17, 15) is 0 Å². The third-order valence-electron chi connectivity index (χ3n) is 4.45. The normalized spacial score (nSPS) is 10.3. The molecular weight excluding hydrogens is 462 g/mol. The van der Waals surface area contributed by atoms with Gasteiger partial charge in [-0.1, -0.05) is 42.5 Å². The Morgan fingerprint density at radius 3 is 2.59 bits per heavy atom. The van der Waals surface area contributed by atoms with Gasteiger partial charge in [-0.3, -0.25) is 0 Å². The fourth-order valence-electron chi connectivity index (χ4n) is 2.89. The number of rotatable bonds is 9. The second-order valence-corrected chi connectivity index (χ2v) is 8.76. The molecule has 0 atom stereocenters. The maximum absolute atomic E-state index is 6.15. The van der Waals surface area contributed by atoms with Crippen molar-refractivity contribution in [2.24, 2.45) is 0 Å². The van der Waals surface area contributed by atoms with Crippen molar-refractivity contribution in [3.63, 3.8) is 0 Å². The van der Waals surface area contributed by atoms with Crippen molar-refractivity contribution in [1.29, 1.82) is 0 Å². The Hall–Kier alpha value is -2.74. The summed E-state index contributed by atoms with van der Waals surface area (Å²) in [5, 5.41) is 6.09. The number of thiazole rings is 1. The number of anilines is 2. The van der Waals surface area contributed by atoms with Crippen LogP contribution in [0.15, 0.2) is 77.1 Å². The largest absolute Gasteiger partial charge is 0.497 e. The Labute approximate surface area is 202 Å². The highest BCUT2D eigenvalue weighted by atomic mass is 35.5. The minimum atomic E-state index is 0. The zero-order valence-electron chi connectivity index (χ0n) is 17.8. The summed E-state index contributed by atoms with van der Waals surface area (Å²) in [6, 6.07) is 20.2. The van der Waals surface area contributed by atoms with Crippen LogP contribution < -0.4 is 14.8 Å². The van der Waals surface area contributed by atoms with Gasteiger partial charge in [0.1, 0.15) is 12.4 Å². The minimum Gasteiger partial charge on any atom is -0.497 e. The summed E-state index contributed by atoms with van der Waals surface area (Å²) < 4.78 is 11.5. The molecule has 4 rings (SSSR count). The molecule has 0 aliphatic carbocycles. The smallest absolute Gasteiger partial charge is 0.188 e. The minimum absolute atomic E-state index is 0. The van der Waals surface area contributed by atoms with Crippen LogP contribution in [0.1, 0.15) is 16.8 Å². The zero-order valence-corrected chi connectivity index (χ0v) is 20.2. The van der Waals surface area contributed by atoms with E-state index in [4.69, 9.17) is 9.47 Å². The van der Waals surface area contributed by atoms with Crippen molar-refractivity contribution >= 4 is 46.5 Å². The van der Waals surface area contributed by atoms with Gasteiger partial charge in [-0.2, -0.15) is 0 Å². The first-order valence-corrected chi connectivity index (χ1v) is 11.7. The summed E-state index contributed by atoms with van der Waals surface area (Å²) in [6.45, 7) is 2.44. The van der Waals surface area contributed by atoms with E-state index in [1.54, 1.807) is 30.2 Å². The number of aromatic nitrogens is 2. The molecule has 2 aromatic heterocycles. The number of halogens is 1. The highest BCUT2D eigenvalue weighted by molar-refractivity contribution is 7.98. The molecule has 0 spiro atoms. The first-order valence-electron chi connectivity index (χ1n) is 9.81. The maximum Gasteiger partial charge on any atom is 0.188 e. The number of nitrogens with one attached hydrogen (secondary N) is 1. The number of hydrogen-bond donors (Lipinski definition) is 1. The molecule has 5 nitrogen and oxygen atoms in total. The number of benzene rings is 2. The van der Waals surface area contributed by atoms with Crippen molar-refractivity contribution in [3.05, 3.63) is 89.1 Å². The fraction of sp³-hybridized carbons (Fsp3) is 0.167. The van der Waals surface area contributed by atoms with Crippen LogP contribution in [0.4, 0.5) is 10.9 Å². The highest BCUT2D eigenvalue weighted by Gasteiger charge is 2.11. The number of aryl methyl sites for hydroxylation is 1. The Bertz CT molecular complexity index is 1140. The predicted octanol–water partition coefficient (Wildman–Crippen LogP) is 6.89. The molecule has 32 heavy (non-hydrogen) atoms. The van der Waals surface area contributed by atoms with Crippen LogP contribution in [-0.2, 0) is 12.4 Å². The van der Waals surface area contributed by atoms with E-state index in [0.717, 1.165) is 32.8 Å². The molecule has 0 aliphatic heterocycles. The van der Waals surface area contributed by atoms with Crippen LogP contribution in [-0.4, -0.2) is 17.1 Å². The third-order valence-corrected chi connectivity index (χ3v) is 6.36. The lowest BCUT2D eigenvalue weighted by Gasteiger charge is -2.13. The lowest BCUT2D eigenvalue weighted by molar-refractivity contribution is 0.306. The van der Waals surface area contributed by atoms with Gasteiger partial charge in [0.2, 0.25) is 0 Å². The van der Waals surface area contributed by atoms with Gasteiger partial charge in [0.15, 0.2) is 16.7 Å². The van der Waals surface area contributed by atoms with Gasteiger partial charge in [0.05, 0.1) is 12.8 Å². The van der Waals surface area contributed by atoms with Gasteiger partial charge in [-0.15, -0.1) is 35.5 Å². The number of methoxy groups -OCH3 is 1. The SMILES string of the molecule is COc1cccc(CSc2cnc(Nc3nc(C)cs3)c(OCc3ccccc3)c2)c1.Cl. The molecule has 0 radical (unpaired) electrons. The Kier molecular flexibility index (Phi) is 8.79. The van der Waals surface area contributed by atoms with E-state index in [0.29, 0.717) is 18.2 Å². The van der Waals surface area contributed by atoms with Crippen molar-refractivity contribution in [3.8, 4) is 11.5 Å². The molecule has 8 heteroatoms. The molecule has 0 saturated carbocycles. The molecule has 1 N–H and O–H groups in total. The molecule has 0 amide bonds. The van der Waals surface area contributed by atoms with Gasteiger partial charge in [-0.25, -0.2) is 9.97 Å². The van der Waals surface area contributed by atoms with Crippen LogP contribution in [0.5, 0.6) is 11.5 Å². The van der Waals surface area contributed by atoms with Crippen LogP contribution in [0.3, 0.4) is 0 Å². The summed E-state index contributed by atoms with van der Waals surface area (Å²) in [6.07, 6.45) is 1.86. The molecule has 0 unspecified atom stereocenters. The molecular formula is C24H24ClN3O2S2. The average molecular weight is 486 g/mol. The first kappa shape index (κ1) is 23.9. The Morgan fingerprint density at radius 2 is 1.84 bits per heavy atom. The van der Waals surface area contributed by atoms with E-state index in [1.807, 2.05) is 73.1 Å². The average Bonchev–Trinajstić information content (AvgIpc) is 3.22. The second kappa shape index (κ2) is 11.8. The fourth-order valence-corrected chi connectivity index (χ4v) is 4.40. The molecule has 2 heterocycles. The highest BCUT2D eigenvalue weighted by Crippen LogP contribution is 2.33. The Morgan fingerprint density at radius 1 is 1.03 bits per heavy atom. The van der Waals surface area contributed by atoms with Crippen LogP contribution in [0.25, 0.3) is 0 Å². The summed E-state index contributed by atoms with van der Waals surface area (Å²) in [5.41, 5.74) is 3.27. The van der Waals surface area contributed by atoms with Crippen molar-refractivity contribution in [1.82, 2.24) is 9.97 Å². The van der Waals surface area contributed by atoms with Crippen LogP contribution >= 0.6 is 35.5 Å². The first-order chi connectivity index (χ1) is 15.2. The topological polar surface area (TPSA) is 56.3 Å². The van der Waals surface area contributed by atoms with Gasteiger partial charge in [-0.05, 0) is 36.2 Å². The van der Waals surface area contributed by atoms with Crippen molar-refractivity contribution < 1.29 is 9.47 Å². The molecule has 2 aromatic carbocycles. The standard InChI is InChI=1S/C24H23N3O2S2.ClH/c1-17-15-31-24(26-17)27-23-22(29-14-18-7-4-3-5-8-18)12-21(13-25-23)30-16-19-9-6-10-20(11-19)28-2;/h3-13,15H,14,16H2,1-2H3,(H,25,26,27);1H. The molecule has 0 aliphatic rings. The van der Waals surface area contributed by atoms with Gasteiger partial charge >= 0.3 is 0 Å². The number of thioether (sulfide) groups is 1. The third kappa shape index (κ3) is 6.63. The molecule has 0 saturated heterocycles. The van der Waals surface area contributed by atoms with E-state index >= 15 is 0 Å². The van der Waals surface area contributed by atoms with E-state index in [2.05, 4.69) is 21.4 Å². The maximum atomic E-state index is 6.15. The summed E-state index contributed by atoms with van der Waals surface area (Å²) in [5.74, 6) is 3.04. The van der Waals surface area contributed by atoms with Gasteiger partial charge in [0.25, 0.3) is 0 Å². The summed E-state index contributed by atoms with van der Waals surface area (Å²) in [4.78, 5) is 10.1. The zero-order chi connectivity index (χ0) is 21.5.